The molecule has 0 aliphatic rings. The number of aromatic nitrogens is 1. The number of hydrogen-bond donors (Lipinski definition) is 1. The van der Waals surface area contributed by atoms with Crippen LogP contribution >= 0.6 is 23.4 Å². The van der Waals surface area contributed by atoms with E-state index in [0.717, 1.165) is 4.90 Å². The predicted molar refractivity (Wildman–Crippen MR) is 75.6 cm³/mol. The Morgan fingerprint density at radius 2 is 2.05 bits per heavy atom. The molecule has 0 saturated heterocycles. The van der Waals surface area contributed by atoms with Crippen molar-refractivity contribution in [1.82, 2.24) is 4.98 Å². The second-order valence-electron chi connectivity index (χ2n) is 3.66. The lowest BCUT2D eigenvalue weighted by Crippen LogP contribution is -2.04. The Balaban J connectivity index is 2.46. The summed E-state index contributed by atoms with van der Waals surface area (Å²) in [6.45, 7) is 0. The third-order valence-corrected chi connectivity index (χ3v) is 3.90. The van der Waals surface area contributed by atoms with Crippen molar-refractivity contribution in [2.24, 2.45) is 0 Å². The van der Waals surface area contributed by atoms with Gasteiger partial charge in [-0.3, -0.25) is 4.98 Å². The van der Waals surface area contributed by atoms with E-state index in [-0.39, 0.29) is 0 Å². The fourth-order valence-corrected chi connectivity index (χ4v) is 2.75. The molecular weight excluding hydrogens is 284 g/mol. The van der Waals surface area contributed by atoms with E-state index in [0.29, 0.717) is 21.2 Å². The van der Waals surface area contributed by atoms with Gasteiger partial charge in [-0.15, -0.1) is 0 Å². The molecule has 19 heavy (non-hydrogen) atoms. The number of ether oxygens (including phenoxy) is 1. The van der Waals surface area contributed by atoms with Crippen molar-refractivity contribution in [1.29, 1.82) is 0 Å². The van der Waals surface area contributed by atoms with Crippen LogP contribution in [0.25, 0.3) is 0 Å². The van der Waals surface area contributed by atoms with E-state index in [9.17, 15) is 4.79 Å². The number of nitrogens with zero attached hydrogens (tertiary/aromatic N) is 1. The fourth-order valence-electron chi connectivity index (χ4n) is 1.50. The number of carbonyl (C=O) groups is 1. The molecule has 6 heteroatoms. The molecule has 0 saturated carbocycles. The minimum atomic E-state index is -0.467. The van der Waals surface area contributed by atoms with Crippen LogP contribution in [0.2, 0.25) is 5.02 Å². The third-order valence-electron chi connectivity index (χ3n) is 2.34. The number of halogens is 1. The molecule has 2 aromatic rings. The number of rotatable bonds is 3. The van der Waals surface area contributed by atoms with Crippen molar-refractivity contribution in [3.05, 3.63) is 47.2 Å². The highest BCUT2D eigenvalue weighted by atomic mass is 35.5. The number of anilines is 1. The summed E-state index contributed by atoms with van der Waals surface area (Å²) in [5, 5.41) is 0.419. The zero-order valence-electron chi connectivity index (χ0n) is 10.1. The van der Waals surface area contributed by atoms with Crippen molar-refractivity contribution in [2.45, 2.75) is 9.79 Å². The smallest absolute Gasteiger partial charge is 0.339 e. The number of nitrogen functional groups attached to an aromatic ring is 1. The molecule has 0 spiro atoms. The zero-order chi connectivity index (χ0) is 13.8. The molecule has 0 atom stereocenters. The Hall–Kier alpha value is -1.72. The summed E-state index contributed by atoms with van der Waals surface area (Å²) < 4.78 is 4.75. The van der Waals surface area contributed by atoms with E-state index in [2.05, 4.69) is 4.98 Å². The maximum Gasteiger partial charge on any atom is 0.339 e. The first-order valence-corrected chi connectivity index (χ1v) is 6.56. The van der Waals surface area contributed by atoms with Crippen LogP contribution in [0.5, 0.6) is 0 Å². The van der Waals surface area contributed by atoms with Crippen LogP contribution in [-0.4, -0.2) is 18.1 Å². The molecule has 1 aromatic carbocycles. The number of esters is 1. The molecule has 0 unspecified atom stereocenters. The van der Waals surface area contributed by atoms with Gasteiger partial charge in [0.2, 0.25) is 0 Å². The number of hydrogen-bond acceptors (Lipinski definition) is 5. The maximum absolute atomic E-state index is 11.8. The number of benzene rings is 1. The van der Waals surface area contributed by atoms with Gasteiger partial charge >= 0.3 is 5.97 Å². The fraction of sp³-hybridized carbons (Fsp3) is 0.0769. The predicted octanol–water partition coefficient (Wildman–Crippen LogP) is 3.26. The van der Waals surface area contributed by atoms with E-state index in [4.69, 9.17) is 22.1 Å². The first-order valence-electron chi connectivity index (χ1n) is 5.37. The third kappa shape index (κ3) is 3.19. The number of carbonyl (C=O) groups excluding carboxylic acids is 1. The van der Waals surface area contributed by atoms with Crippen molar-refractivity contribution >= 4 is 35.0 Å². The van der Waals surface area contributed by atoms with Crippen LogP contribution < -0.4 is 5.73 Å². The van der Waals surface area contributed by atoms with Gasteiger partial charge < -0.3 is 10.5 Å². The Kier molecular flexibility index (Phi) is 4.29. The Morgan fingerprint density at radius 3 is 2.68 bits per heavy atom. The monoisotopic (exact) mass is 294 g/mol. The summed E-state index contributed by atoms with van der Waals surface area (Å²) in [5.74, 6) is -0.467. The van der Waals surface area contributed by atoms with Gasteiger partial charge in [0.25, 0.3) is 0 Å². The normalized spacial score (nSPS) is 10.2. The molecule has 0 bridgehead atoms. The summed E-state index contributed by atoms with van der Waals surface area (Å²) in [6, 6.07) is 6.83. The summed E-state index contributed by atoms with van der Waals surface area (Å²) >= 11 is 7.53. The molecule has 0 aliphatic carbocycles. The zero-order valence-corrected chi connectivity index (χ0v) is 11.7. The standard InChI is InChI=1S/C13H11ClN2O2S/c1-18-13(17)10-6-8(15)7-11(14)12(10)19-9-2-4-16-5-3-9/h2-7H,15H2,1H3. The van der Waals surface area contributed by atoms with Gasteiger partial charge in [-0.25, -0.2) is 4.79 Å². The lowest BCUT2D eigenvalue weighted by Gasteiger charge is -2.10. The molecule has 1 heterocycles. The quantitative estimate of drug-likeness (QED) is 0.695. The molecule has 4 nitrogen and oxygen atoms in total. The van der Waals surface area contributed by atoms with Crippen LogP contribution in [0.15, 0.2) is 46.5 Å². The lowest BCUT2D eigenvalue weighted by atomic mass is 10.2. The Labute approximate surface area is 119 Å². The summed E-state index contributed by atoms with van der Waals surface area (Å²) in [7, 11) is 1.32. The van der Waals surface area contributed by atoms with Crippen LogP contribution in [-0.2, 0) is 4.74 Å². The van der Waals surface area contributed by atoms with E-state index >= 15 is 0 Å². The number of methoxy groups -OCH3 is 1. The highest BCUT2D eigenvalue weighted by Crippen LogP contribution is 2.37. The minimum Gasteiger partial charge on any atom is -0.465 e. The van der Waals surface area contributed by atoms with Crippen molar-refractivity contribution < 1.29 is 9.53 Å². The molecule has 0 fully saturated rings. The molecular formula is C13H11ClN2O2S. The molecule has 0 radical (unpaired) electrons. The molecule has 1 aromatic heterocycles. The van der Waals surface area contributed by atoms with Gasteiger partial charge in [-0.05, 0) is 24.3 Å². The van der Waals surface area contributed by atoms with Crippen molar-refractivity contribution in [3.8, 4) is 0 Å². The second kappa shape index (κ2) is 5.95. The summed E-state index contributed by atoms with van der Waals surface area (Å²) in [6.07, 6.45) is 3.34. The SMILES string of the molecule is COC(=O)c1cc(N)cc(Cl)c1Sc1ccncc1. The summed E-state index contributed by atoms with van der Waals surface area (Å²) in [5.41, 5.74) is 6.48. The second-order valence-corrected chi connectivity index (χ2v) is 5.15. The molecule has 2 rings (SSSR count). The molecule has 0 aliphatic heterocycles. The van der Waals surface area contributed by atoms with Crippen molar-refractivity contribution in [3.63, 3.8) is 0 Å². The highest BCUT2D eigenvalue weighted by Gasteiger charge is 2.17. The van der Waals surface area contributed by atoms with E-state index in [1.165, 1.54) is 18.9 Å². The summed E-state index contributed by atoms with van der Waals surface area (Å²) in [4.78, 5) is 17.2. The average molecular weight is 295 g/mol. The molecule has 0 amide bonds. The average Bonchev–Trinajstić information content (AvgIpc) is 2.42. The van der Waals surface area contributed by atoms with Crippen molar-refractivity contribution in [2.75, 3.05) is 12.8 Å². The Morgan fingerprint density at radius 1 is 1.37 bits per heavy atom. The number of nitrogens with two attached hydrogens (primary N) is 1. The topological polar surface area (TPSA) is 65.2 Å². The van der Waals surface area contributed by atoms with Gasteiger partial charge in [-0.2, -0.15) is 0 Å². The first kappa shape index (κ1) is 13.7. The Bertz CT molecular complexity index is 605. The minimum absolute atomic E-state index is 0.356. The van der Waals surface area contributed by atoms with Gasteiger partial charge in [0.15, 0.2) is 0 Å². The van der Waals surface area contributed by atoms with E-state index < -0.39 is 5.97 Å². The van der Waals surface area contributed by atoms with Crippen LogP contribution in [0, 0.1) is 0 Å². The van der Waals surface area contributed by atoms with Gasteiger partial charge in [0, 0.05) is 27.9 Å². The van der Waals surface area contributed by atoms with Gasteiger partial charge in [0.05, 0.1) is 17.7 Å². The van der Waals surface area contributed by atoms with Crippen LogP contribution in [0.3, 0.4) is 0 Å². The van der Waals surface area contributed by atoms with Crippen LogP contribution in [0.1, 0.15) is 10.4 Å². The molecule has 98 valence electrons. The lowest BCUT2D eigenvalue weighted by molar-refractivity contribution is 0.0597. The van der Waals surface area contributed by atoms with Crippen LogP contribution in [0.4, 0.5) is 5.69 Å². The van der Waals surface area contributed by atoms with E-state index in [1.807, 2.05) is 12.1 Å². The first-order chi connectivity index (χ1) is 9.11. The number of pyridine rings is 1. The van der Waals surface area contributed by atoms with Gasteiger partial charge in [0.1, 0.15) is 0 Å². The van der Waals surface area contributed by atoms with Gasteiger partial charge in [-0.1, -0.05) is 23.4 Å². The largest absolute Gasteiger partial charge is 0.465 e. The molecule has 2 N–H and O–H groups in total. The maximum atomic E-state index is 11.8. The van der Waals surface area contributed by atoms with E-state index in [1.54, 1.807) is 24.5 Å². The highest BCUT2D eigenvalue weighted by molar-refractivity contribution is 7.99.